The van der Waals surface area contributed by atoms with Crippen LogP contribution in [0.25, 0.3) is 20.2 Å². The Morgan fingerprint density at radius 1 is 0.895 bits per heavy atom. The normalized spacial score (nSPS) is 10.5. The third-order valence-corrected chi connectivity index (χ3v) is 5.19. The quantitative estimate of drug-likeness (QED) is 0.525. The Morgan fingerprint density at radius 2 is 1.68 bits per heavy atom. The van der Waals surface area contributed by atoms with Gasteiger partial charge >= 0.3 is 0 Å². The van der Waals surface area contributed by atoms with Crippen molar-refractivity contribution in [2.75, 3.05) is 0 Å². The molecule has 0 amide bonds. The van der Waals surface area contributed by atoms with Crippen molar-refractivity contribution in [1.82, 2.24) is 0 Å². The minimum Gasteiger partial charge on any atom is -0.143 e. The number of hydrogen-bond donors (Lipinski definition) is 0. The minimum atomic E-state index is 0.936. The monoisotopic (exact) mass is 282 g/mol. The van der Waals surface area contributed by atoms with Crippen molar-refractivity contribution in [3.05, 3.63) is 72.1 Å². The first-order chi connectivity index (χ1) is 9.36. The predicted molar refractivity (Wildman–Crippen MR) is 87.0 cm³/mol. The van der Waals surface area contributed by atoms with Gasteiger partial charge in [-0.3, -0.25) is 0 Å². The van der Waals surface area contributed by atoms with E-state index in [2.05, 4.69) is 60.5 Å². The summed E-state index contributed by atoms with van der Waals surface area (Å²) >= 11 is 3.65. The van der Waals surface area contributed by atoms with Crippen LogP contribution in [0.2, 0.25) is 0 Å². The fourth-order valence-corrected chi connectivity index (χ4v) is 3.86. The highest BCUT2D eigenvalue weighted by atomic mass is 32.1. The maximum Gasteiger partial charge on any atom is 0.0449 e. The van der Waals surface area contributed by atoms with Crippen molar-refractivity contribution in [2.24, 2.45) is 0 Å². The van der Waals surface area contributed by atoms with Gasteiger partial charge in [0.15, 0.2) is 0 Å². The lowest BCUT2D eigenvalue weighted by molar-refractivity contribution is 1.28. The third kappa shape index (κ3) is 2.70. The van der Waals surface area contributed by atoms with Crippen LogP contribution in [-0.4, -0.2) is 0 Å². The molecule has 0 aliphatic rings. The van der Waals surface area contributed by atoms with Gasteiger partial charge in [0, 0.05) is 14.6 Å². The number of hydrogen-bond acceptors (Lipinski definition) is 2. The van der Waals surface area contributed by atoms with Crippen LogP contribution in [0, 0.1) is 0 Å². The van der Waals surface area contributed by atoms with E-state index in [0.29, 0.717) is 0 Å². The molecular weight excluding hydrogens is 268 g/mol. The number of allylic oxidation sites excluding steroid dienone is 1. The molecule has 2 aromatic heterocycles. The standard InChI is InChI=1S/C17H14S2/c1-2-4-13-6-8-14(9-7-13)15-10-11-17(19-15)16-5-3-12-18-16/h2-3,5-12H,1,4H2. The second kappa shape index (κ2) is 5.55. The zero-order valence-electron chi connectivity index (χ0n) is 10.5. The van der Waals surface area contributed by atoms with Crippen LogP contribution < -0.4 is 0 Å². The minimum absolute atomic E-state index is 0.936. The summed E-state index contributed by atoms with van der Waals surface area (Å²) in [6.45, 7) is 3.77. The molecule has 0 aliphatic carbocycles. The summed E-state index contributed by atoms with van der Waals surface area (Å²) < 4.78 is 0. The van der Waals surface area contributed by atoms with Gasteiger partial charge in [-0.05, 0) is 41.1 Å². The Balaban J connectivity index is 1.88. The van der Waals surface area contributed by atoms with Gasteiger partial charge in [0.1, 0.15) is 0 Å². The molecule has 0 saturated carbocycles. The van der Waals surface area contributed by atoms with E-state index in [0.717, 1.165) is 6.42 Å². The summed E-state index contributed by atoms with van der Waals surface area (Å²) in [6, 6.07) is 17.5. The molecule has 2 heterocycles. The summed E-state index contributed by atoms with van der Waals surface area (Å²) in [6.07, 6.45) is 2.88. The number of rotatable bonds is 4. The van der Waals surface area contributed by atoms with Gasteiger partial charge in [0.05, 0.1) is 0 Å². The summed E-state index contributed by atoms with van der Waals surface area (Å²) in [7, 11) is 0. The second-order valence-corrected chi connectivity index (χ2v) is 6.36. The van der Waals surface area contributed by atoms with Gasteiger partial charge in [-0.2, -0.15) is 0 Å². The van der Waals surface area contributed by atoms with Gasteiger partial charge in [-0.25, -0.2) is 0 Å². The smallest absolute Gasteiger partial charge is 0.0449 e. The highest BCUT2D eigenvalue weighted by molar-refractivity contribution is 7.23. The van der Waals surface area contributed by atoms with Crippen molar-refractivity contribution in [3.8, 4) is 20.2 Å². The van der Waals surface area contributed by atoms with Crippen LogP contribution in [-0.2, 0) is 6.42 Å². The average Bonchev–Trinajstić information content (AvgIpc) is 3.11. The highest BCUT2D eigenvalue weighted by Crippen LogP contribution is 2.36. The van der Waals surface area contributed by atoms with Gasteiger partial charge < -0.3 is 0 Å². The molecule has 3 rings (SSSR count). The van der Waals surface area contributed by atoms with Crippen molar-refractivity contribution >= 4 is 22.7 Å². The lowest BCUT2D eigenvalue weighted by Crippen LogP contribution is -1.79. The Morgan fingerprint density at radius 3 is 2.37 bits per heavy atom. The molecular formula is C17H14S2. The molecule has 19 heavy (non-hydrogen) atoms. The molecule has 1 aromatic carbocycles. The molecule has 0 aliphatic heterocycles. The maximum absolute atomic E-state index is 3.77. The lowest BCUT2D eigenvalue weighted by Gasteiger charge is -2.00. The van der Waals surface area contributed by atoms with E-state index in [9.17, 15) is 0 Å². The summed E-state index contributed by atoms with van der Waals surface area (Å²) in [5, 5.41) is 2.12. The second-order valence-electron chi connectivity index (χ2n) is 4.33. The summed E-state index contributed by atoms with van der Waals surface area (Å²) in [5.74, 6) is 0. The van der Waals surface area contributed by atoms with E-state index < -0.39 is 0 Å². The van der Waals surface area contributed by atoms with Crippen LogP contribution in [0.4, 0.5) is 0 Å². The van der Waals surface area contributed by atoms with E-state index in [1.165, 1.54) is 25.8 Å². The Bertz CT molecular complexity index is 658. The third-order valence-electron chi connectivity index (χ3n) is 2.99. The molecule has 0 unspecified atom stereocenters. The van der Waals surface area contributed by atoms with Crippen molar-refractivity contribution < 1.29 is 0 Å². The van der Waals surface area contributed by atoms with E-state index in [1.807, 2.05) is 17.4 Å². The van der Waals surface area contributed by atoms with Crippen molar-refractivity contribution in [2.45, 2.75) is 6.42 Å². The molecule has 0 N–H and O–H groups in total. The molecule has 2 heteroatoms. The van der Waals surface area contributed by atoms with E-state index in [-0.39, 0.29) is 0 Å². The first-order valence-electron chi connectivity index (χ1n) is 6.21. The summed E-state index contributed by atoms with van der Waals surface area (Å²) in [4.78, 5) is 4.02. The molecule has 3 aromatic rings. The SMILES string of the molecule is C=CCc1ccc(-c2ccc(-c3cccs3)s2)cc1. The summed E-state index contributed by atoms with van der Waals surface area (Å²) in [5.41, 5.74) is 2.61. The van der Waals surface area contributed by atoms with Crippen LogP contribution in [0.3, 0.4) is 0 Å². The van der Waals surface area contributed by atoms with Gasteiger partial charge in [-0.1, -0.05) is 36.4 Å². The number of thiophene rings is 2. The molecule has 0 spiro atoms. The van der Waals surface area contributed by atoms with Crippen LogP contribution in [0.15, 0.2) is 66.6 Å². The van der Waals surface area contributed by atoms with E-state index in [4.69, 9.17) is 0 Å². The first-order valence-corrected chi connectivity index (χ1v) is 7.90. The van der Waals surface area contributed by atoms with Crippen molar-refractivity contribution in [1.29, 1.82) is 0 Å². The van der Waals surface area contributed by atoms with Gasteiger partial charge in [-0.15, -0.1) is 29.3 Å². The lowest BCUT2D eigenvalue weighted by atomic mass is 10.1. The van der Waals surface area contributed by atoms with Crippen LogP contribution in [0.5, 0.6) is 0 Å². The zero-order chi connectivity index (χ0) is 13.1. The zero-order valence-corrected chi connectivity index (χ0v) is 12.1. The molecule has 0 bridgehead atoms. The Kier molecular flexibility index (Phi) is 3.62. The van der Waals surface area contributed by atoms with E-state index in [1.54, 1.807) is 11.3 Å². The Labute approximate surface area is 121 Å². The topological polar surface area (TPSA) is 0 Å². The average molecular weight is 282 g/mol. The molecule has 0 atom stereocenters. The number of benzene rings is 1. The van der Waals surface area contributed by atoms with Crippen molar-refractivity contribution in [3.63, 3.8) is 0 Å². The largest absolute Gasteiger partial charge is 0.143 e. The van der Waals surface area contributed by atoms with E-state index >= 15 is 0 Å². The molecule has 0 nitrogen and oxygen atoms in total. The molecule has 0 fully saturated rings. The molecule has 94 valence electrons. The maximum atomic E-state index is 3.77. The Hall–Kier alpha value is -1.64. The predicted octanol–water partition coefficient (Wildman–Crippen LogP) is 5.87. The molecule has 0 radical (unpaired) electrons. The fraction of sp³-hybridized carbons (Fsp3) is 0.0588. The van der Waals surface area contributed by atoms with Gasteiger partial charge in [0.2, 0.25) is 0 Å². The van der Waals surface area contributed by atoms with Crippen LogP contribution >= 0.6 is 22.7 Å². The van der Waals surface area contributed by atoms with Crippen LogP contribution in [0.1, 0.15) is 5.56 Å². The fourth-order valence-electron chi connectivity index (χ4n) is 2.02. The molecule has 0 saturated heterocycles. The van der Waals surface area contributed by atoms with Gasteiger partial charge in [0.25, 0.3) is 0 Å². The highest BCUT2D eigenvalue weighted by Gasteiger charge is 2.05. The first kappa shape index (κ1) is 12.4.